The second kappa shape index (κ2) is 3.99. The summed E-state index contributed by atoms with van der Waals surface area (Å²) in [6.45, 7) is 12.1. The van der Waals surface area contributed by atoms with E-state index in [0.29, 0.717) is 0 Å². The van der Waals surface area contributed by atoms with Crippen LogP contribution in [0.3, 0.4) is 0 Å². The van der Waals surface area contributed by atoms with E-state index in [-0.39, 0.29) is 0 Å². The Morgan fingerprint density at radius 1 is 1.00 bits per heavy atom. The van der Waals surface area contributed by atoms with Gasteiger partial charge in [-0.3, -0.25) is 0 Å². The largest absolute Gasteiger partial charge is 0.0849 e. The van der Waals surface area contributed by atoms with Gasteiger partial charge < -0.3 is 0 Å². The Bertz CT molecular complexity index is 203. The van der Waals surface area contributed by atoms with Crippen molar-refractivity contribution in [3.63, 3.8) is 0 Å². The molecule has 76 valence electrons. The predicted molar refractivity (Wildman–Crippen MR) is 63.7 cm³/mol. The molecule has 0 aliphatic heterocycles. The fourth-order valence-corrected chi connectivity index (χ4v) is 6.35. The van der Waals surface area contributed by atoms with Crippen molar-refractivity contribution in [2.24, 2.45) is 0 Å². The van der Waals surface area contributed by atoms with Crippen LogP contribution in [0.25, 0.3) is 0 Å². The minimum Gasteiger partial charge on any atom is -0.0849 e. The number of allylic oxidation sites excluding steroid dienone is 2. The molecule has 0 unspecified atom stereocenters. The quantitative estimate of drug-likeness (QED) is 0.569. The highest BCUT2D eigenvalue weighted by atomic mass is 28.3. The zero-order valence-corrected chi connectivity index (χ0v) is 10.9. The molecule has 0 spiro atoms. The molecule has 1 heteroatoms. The second-order valence-electron chi connectivity index (χ2n) is 5.33. The van der Waals surface area contributed by atoms with Crippen LogP contribution < -0.4 is 0 Å². The minimum atomic E-state index is -1.06. The Hall–Kier alpha value is -0.0431. The van der Waals surface area contributed by atoms with Crippen LogP contribution in [0.15, 0.2) is 10.8 Å². The van der Waals surface area contributed by atoms with E-state index in [4.69, 9.17) is 0 Å². The van der Waals surface area contributed by atoms with Crippen LogP contribution in [0.1, 0.15) is 46.5 Å². The standard InChI is InChI=1S/C12H24Si/c1-10(2)11(3)13(4,5)12-8-6-7-9-12/h12H,6-9H2,1-5H3. The minimum absolute atomic E-state index is 1.06. The van der Waals surface area contributed by atoms with Crippen molar-refractivity contribution in [2.75, 3.05) is 0 Å². The molecule has 0 N–H and O–H groups in total. The molecule has 0 radical (unpaired) electrons. The van der Waals surface area contributed by atoms with Gasteiger partial charge in [-0.05, 0) is 26.3 Å². The lowest BCUT2D eigenvalue weighted by Gasteiger charge is -2.31. The van der Waals surface area contributed by atoms with E-state index in [9.17, 15) is 0 Å². The molecule has 0 aromatic heterocycles. The van der Waals surface area contributed by atoms with E-state index >= 15 is 0 Å². The summed E-state index contributed by atoms with van der Waals surface area (Å²) in [4.78, 5) is 0. The molecule has 0 bridgehead atoms. The lowest BCUT2D eigenvalue weighted by molar-refractivity contribution is 0.838. The lowest BCUT2D eigenvalue weighted by Crippen LogP contribution is -2.33. The maximum absolute atomic E-state index is 2.56. The van der Waals surface area contributed by atoms with E-state index in [0.717, 1.165) is 5.54 Å². The average molecular weight is 196 g/mol. The molecule has 1 fully saturated rings. The van der Waals surface area contributed by atoms with Crippen LogP contribution in [0.4, 0.5) is 0 Å². The summed E-state index contributed by atoms with van der Waals surface area (Å²) in [6.07, 6.45) is 5.97. The van der Waals surface area contributed by atoms with Gasteiger partial charge in [0.15, 0.2) is 0 Å². The normalized spacial score (nSPS) is 19.2. The third kappa shape index (κ3) is 2.25. The molecule has 0 saturated heterocycles. The molecule has 1 saturated carbocycles. The Kier molecular flexibility index (Phi) is 3.39. The smallest absolute Gasteiger partial charge is 0.0780 e. The summed E-state index contributed by atoms with van der Waals surface area (Å²) in [5.74, 6) is 0. The topological polar surface area (TPSA) is 0 Å². The zero-order chi connectivity index (χ0) is 10.1. The van der Waals surface area contributed by atoms with E-state index < -0.39 is 8.07 Å². The molecule has 1 rings (SSSR count). The molecule has 0 aromatic rings. The summed E-state index contributed by atoms with van der Waals surface area (Å²) in [6, 6.07) is 0. The van der Waals surface area contributed by atoms with Crippen molar-refractivity contribution in [1.82, 2.24) is 0 Å². The first-order chi connectivity index (χ1) is 5.96. The molecule has 0 heterocycles. The second-order valence-corrected chi connectivity index (χ2v) is 10.3. The number of hydrogen-bond acceptors (Lipinski definition) is 0. The summed E-state index contributed by atoms with van der Waals surface area (Å²) in [5, 5.41) is 1.75. The molecule has 0 amide bonds. The van der Waals surface area contributed by atoms with Crippen LogP contribution in [-0.4, -0.2) is 8.07 Å². The van der Waals surface area contributed by atoms with Gasteiger partial charge in [0.2, 0.25) is 0 Å². The van der Waals surface area contributed by atoms with Crippen molar-refractivity contribution in [3.8, 4) is 0 Å². The average Bonchev–Trinajstić information content (AvgIpc) is 2.54. The molecule has 1 aliphatic carbocycles. The molecule has 0 nitrogen and oxygen atoms in total. The Balaban J connectivity index is 2.80. The van der Waals surface area contributed by atoms with E-state index in [2.05, 4.69) is 33.9 Å². The van der Waals surface area contributed by atoms with Crippen LogP contribution in [0.2, 0.25) is 18.6 Å². The fourth-order valence-electron chi connectivity index (χ4n) is 2.60. The summed E-state index contributed by atoms with van der Waals surface area (Å²) in [7, 11) is -1.06. The number of hydrogen-bond donors (Lipinski definition) is 0. The Morgan fingerprint density at radius 2 is 1.46 bits per heavy atom. The summed E-state index contributed by atoms with van der Waals surface area (Å²) >= 11 is 0. The van der Waals surface area contributed by atoms with Gasteiger partial charge in [0, 0.05) is 0 Å². The van der Waals surface area contributed by atoms with Gasteiger partial charge in [-0.2, -0.15) is 0 Å². The molecular weight excluding hydrogens is 172 g/mol. The molecule has 1 aliphatic rings. The fraction of sp³-hybridized carbons (Fsp3) is 0.833. The first-order valence-corrected chi connectivity index (χ1v) is 8.68. The van der Waals surface area contributed by atoms with Crippen LogP contribution in [0.5, 0.6) is 0 Å². The summed E-state index contributed by atoms with van der Waals surface area (Å²) in [5.41, 5.74) is 2.64. The first-order valence-electron chi connectivity index (χ1n) is 5.61. The highest BCUT2D eigenvalue weighted by Crippen LogP contribution is 2.42. The molecule has 0 aromatic carbocycles. The maximum atomic E-state index is 2.56. The van der Waals surface area contributed by atoms with E-state index in [1.807, 2.05) is 0 Å². The van der Waals surface area contributed by atoms with Gasteiger partial charge in [-0.15, -0.1) is 0 Å². The van der Waals surface area contributed by atoms with Gasteiger partial charge in [-0.25, -0.2) is 0 Å². The van der Waals surface area contributed by atoms with Crippen LogP contribution in [0, 0.1) is 0 Å². The van der Waals surface area contributed by atoms with Crippen molar-refractivity contribution in [1.29, 1.82) is 0 Å². The van der Waals surface area contributed by atoms with E-state index in [1.54, 1.807) is 10.8 Å². The van der Waals surface area contributed by atoms with Crippen LogP contribution >= 0.6 is 0 Å². The van der Waals surface area contributed by atoms with Crippen molar-refractivity contribution < 1.29 is 0 Å². The molecule has 13 heavy (non-hydrogen) atoms. The van der Waals surface area contributed by atoms with Crippen molar-refractivity contribution in [3.05, 3.63) is 10.8 Å². The Labute approximate surface area is 84.4 Å². The van der Waals surface area contributed by atoms with Crippen LogP contribution in [-0.2, 0) is 0 Å². The van der Waals surface area contributed by atoms with Gasteiger partial charge in [0.05, 0.1) is 8.07 Å². The van der Waals surface area contributed by atoms with Gasteiger partial charge >= 0.3 is 0 Å². The zero-order valence-electron chi connectivity index (χ0n) is 9.91. The summed E-state index contributed by atoms with van der Waals surface area (Å²) < 4.78 is 0. The van der Waals surface area contributed by atoms with Gasteiger partial charge in [0.25, 0.3) is 0 Å². The molecule has 0 atom stereocenters. The first kappa shape index (κ1) is 11.0. The van der Waals surface area contributed by atoms with Crippen molar-refractivity contribution >= 4 is 8.07 Å². The Morgan fingerprint density at radius 3 is 1.85 bits per heavy atom. The van der Waals surface area contributed by atoms with Gasteiger partial charge in [0.1, 0.15) is 0 Å². The third-order valence-corrected chi connectivity index (χ3v) is 9.14. The lowest BCUT2D eigenvalue weighted by atomic mass is 10.3. The molecular formula is C12H24Si. The predicted octanol–water partition coefficient (Wildman–Crippen LogP) is 4.53. The number of rotatable bonds is 2. The SMILES string of the molecule is CC(C)=C(C)[Si](C)(C)C1CCCC1. The van der Waals surface area contributed by atoms with Gasteiger partial charge in [-0.1, -0.05) is 49.5 Å². The maximum Gasteiger partial charge on any atom is 0.0780 e. The third-order valence-electron chi connectivity index (χ3n) is 4.09. The highest BCUT2D eigenvalue weighted by molar-refractivity contribution is 6.85. The highest BCUT2D eigenvalue weighted by Gasteiger charge is 2.35. The monoisotopic (exact) mass is 196 g/mol. The van der Waals surface area contributed by atoms with Crippen molar-refractivity contribution in [2.45, 2.75) is 65.1 Å². The van der Waals surface area contributed by atoms with E-state index in [1.165, 1.54) is 25.7 Å².